The summed E-state index contributed by atoms with van der Waals surface area (Å²) < 4.78 is 6.90. The van der Waals surface area contributed by atoms with E-state index in [0.29, 0.717) is 11.4 Å². The van der Waals surface area contributed by atoms with Crippen molar-refractivity contribution < 1.29 is 9.84 Å². The minimum absolute atomic E-state index is 0.587. The lowest BCUT2D eigenvalue weighted by atomic mass is 9.91. The number of hydrogen-bond acceptors (Lipinski definition) is 3. The van der Waals surface area contributed by atoms with Gasteiger partial charge >= 0.3 is 0 Å². The van der Waals surface area contributed by atoms with E-state index in [-0.39, 0.29) is 0 Å². The molecule has 0 aliphatic rings. The lowest BCUT2D eigenvalue weighted by Gasteiger charge is -2.25. The average molecular weight is 246 g/mol. The predicted octanol–water partition coefficient (Wildman–Crippen LogP) is 1.99. The van der Waals surface area contributed by atoms with Crippen LogP contribution in [0.3, 0.4) is 0 Å². The van der Waals surface area contributed by atoms with Gasteiger partial charge in [0.1, 0.15) is 11.3 Å². The third-order valence-electron chi connectivity index (χ3n) is 3.17. The van der Waals surface area contributed by atoms with Gasteiger partial charge in [-0.3, -0.25) is 4.68 Å². The average Bonchev–Trinajstić information content (AvgIpc) is 2.71. The molecular weight excluding hydrogens is 228 g/mol. The van der Waals surface area contributed by atoms with Crippen molar-refractivity contribution in [2.45, 2.75) is 19.4 Å². The summed E-state index contributed by atoms with van der Waals surface area (Å²) >= 11 is 0. The first-order valence-corrected chi connectivity index (χ1v) is 5.83. The normalized spacial score (nSPS) is 14.3. The Morgan fingerprint density at radius 1 is 1.39 bits per heavy atom. The van der Waals surface area contributed by atoms with Crippen molar-refractivity contribution in [3.8, 4) is 5.75 Å². The summed E-state index contributed by atoms with van der Waals surface area (Å²) in [7, 11) is 3.37. The molecule has 0 bridgehead atoms. The summed E-state index contributed by atoms with van der Waals surface area (Å²) in [6, 6.07) is 7.80. The number of aliphatic hydroxyl groups is 1. The lowest BCUT2D eigenvalue weighted by molar-refractivity contribution is 0.0896. The Labute approximate surface area is 107 Å². The molecule has 4 heteroatoms. The fourth-order valence-corrected chi connectivity index (χ4v) is 2.21. The van der Waals surface area contributed by atoms with E-state index in [1.54, 1.807) is 32.0 Å². The van der Waals surface area contributed by atoms with Gasteiger partial charge in [0.25, 0.3) is 0 Å². The second-order valence-corrected chi connectivity index (χ2v) is 4.63. The van der Waals surface area contributed by atoms with Crippen molar-refractivity contribution in [1.82, 2.24) is 9.78 Å². The summed E-state index contributed by atoms with van der Waals surface area (Å²) in [4.78, 5) is 0. The quantitative estimate of drug-likeness (QED) is 0.901. The van der Waals surface area contributed by atoms with Gasteiger partial charge in [0, 0.05) is 7.05 Å². The van der Waals surface area contributed by atoms with Crippen LogP contribution in [0.1, 0.15) is 23.7 Å². The standard InChI is InChI=1S/C14H18N2O2/c1-10-6-5-7-11(8-10)14(2,17)13-12(18-4)9-15-16(13)3/h5-9,17H,1-4H3. The van der Waals surface area contributed by atoms with Crippen molar-refractivity contribution in [1.29, 1.82) is 0 Å². The van der Waals surface area contributed by atoms with Crippen molar-refractivity contribution >= 4 is 0 Å². The highest BCUT2D eigenvalue weighted by atomic mass is 16.5. The summed E-state index contributed by atoms with van der Waals surface area (Å²) in [6.45, 7) is 3.75. The van der Waals surface area contributed by atoms with E-state index in [2.05, 4.69) is 5.10 Å². The van der Waals surface area contributed by atoms with Gasteiger partial charge in [-0.1, -0.05) is 29.8 Å². The lowest BCUT2D eigenvalue weighted by Crippen LogP contribution is -2.26. The molecular formula is C14H18N2O2. The molecule has 1 atom stereocenters. The van der Waals surface area contributed by atoms with Crippen LogP contribution in [-0.4, -0.2) is 22.0 Å². The number of aromatic nitrogens is 2. The van der Waals surface area contributed by atoms with Crippen LogP contribution in [-0.2, 0) is 12.6 Å². The molecule has 0 spiro atoms. The van der Waals surface area contributed by atoms with Crippen molar-refractivity contribution in [2.24, 2.45) is 7.05 Å². The second-order valence-electron chi connectivity index (χ2n) is 4.63. The maximum Gasteiger partial charge on any atom is 0.163 e. The Kier molecular flexibility index (Phi) is 3.13. The summed E-state index contributed by atoms with van der Waals surface area (Å²) in [5, 5.41) is 15.0. The first kappa shape index (κ1) is 12.6. The number of ether oxygens (including phenoxy) is 1. The zero-order chi connectivity index (χ0) is 13.3. The van der Waals surface area contributed by atoms with E-state index in [9.17, 15) is 5.11 Å². The SMILES string of the molecule is COc1cnn(C)c1C(C)(O)c1cccc(C)c1. The topological polar surface area (TPSA) is 47.3 Å². The second kappa shape index (κ2) is 4.46. The molecule has 1 N–H and O–H groups in total. The monoisotopic (exact) mass is 246 g/mol. The number of methoxy groups -OCH3 is 1. The van der Waals surface area contributed by atoms with Gasteiger partial charge in [-0.25, -0.2) is 0 Å². The third kappa shape index (κ3) is 1.99. The molecule has 0 saturated heterocycles. The summed E-state index contributed by atoms with van der Waals surface area (Å²) in [5.74, 6) is 0.587. The van der Waals surface area contributed by atoms with E-state index in [1.165, 1.54) is 0 Å². The van der Waals surface area contributed by atoms with E-state index >= 15 is 0 Å². The Bertz CT molecular complexity index is 559. The summed E-state index contributed by atoms with van der Waals surface area (Å²) in [6.07, 6.45) is 1.61. The Morgan fingerprint density at radius 3 is 2.72 bits per heavy atom. The Hall–Kier alpha value is -1.81. The van der Waals surface area contributed by atoms with Crippen LogP contribution < -0.4 is 4.74 Å². The maximum absolute atomic E-state index is 10.8. The first-order chi connectivity index (χ1) is 8.46. The molecule has 0 aliphatic carbocycles. The third-order valence-corrected chi connectivity index (χ3v) is 3.17. The predicted molar refractivity (Wildman–Crippen MR) is 69.6 cm³/mol. The minimum atomic E-state index is -1.14. The molecule has 0 radical (unpaired) electrons. The van der Waals surface area contributed by atoms with Crippen LogP contribution in [0, 0.1) is 6.92 Å². The van der Waals surface area contributed by atoms with Crippen molar-refractivity contribution in [3.05, 3.63) is 47.3 Å². The molecule has 0 fully saturated rings. The Balaban J connectivity index is 2.57. The van der Waals surface area contributed by atoms with Crippen LogP contribution in [0.4, 0.5) is 0 Å². The fraction of sp³-hybridized carbons (Fsp3) is 0.357. The maximum atomic E-state index is 10.8. The molecule has 1 heterocycles. The van der Waals surface area contributed by atoms with Crippen LogP contribution in [0.15, 0.2) is 30.5 Å². The van der Waals surface area contributed by atoms with Crippen LogP contribution in [0.2, 0.25) is 0 Å². The van der Waals surface area contributed by atoms with Gasteiger partial charge in [0.05, 0.1) is 13.3 Å². The van der Waals surface area contributed by atoms with E-state index in [4.69, 9.17) is 4.74 Å². The molecule has 0 saturated carbocycles. The fourth-order valence-electron chi connectivity index (χ4n) is 2.21. The van der Waals surface area contributed by atoms with Gasteiger partial charge in [0.15, 0.2) is 5.75 Å². The molecule has 4 nitrogen and oxygen atoms in total. The zero-order valence-electron chi connectivity index (χ0n) is 11.1. The highest BCUT2D eigenvalue weighted by molar-refractivity contribution is 5.40. The molecule has 1 unspecified atom stereocenters. The van der Waals surface area contributed by atoms with Gasteiger partial charge in [-0.2, -0.15) is 5.10 Å². The number of aryl methyl sites for hydroxylation is 2. The molecule has 96 valence electrons. The highest BCUT2D eigenvalue weighted by Gasteiger charge is 2.32. The number of nitrogens with zero attached hydrogens (tertiary/aromatic N) is 2. The van der Waals surface area contributed by atoms with Crippen molar-refractivity contribution in [2.75, 3.05) is 7.11 Å². The largest absolute Gasteiger partial charge is 0.493 e. The van der Waals surface area contributed by atoms with Crippen molar-refractivity contribution in [3.63, 3.8) is 0 Å². The molecule has 1 aromatic heterocycles. The van der Waals surface area contributed by atoms with Crippen LogP contribution in [0.5, 0.6) is 5.75 Å². The molecule has 2 aromatic rings. The molecule has 1 aromatic carbocycles. The van der Waals surface area contributed by atoms with Gasteiger partial charge in [-0.05, 0) is 19.4 Å². The van der Waals surface area contributed by atoms with Gasteiger partial charge < -0.3 is 9.84 Å². The minimum Gasteiger partial charge on any atom is -0.493 e. The first-order valence-electron chi connectivity index (χ1n) is 5.83. The van der Waals surface area contributed by atoms with E-state index < -0.39 is 5.60 Å². The number of hydrogen-bond donors (Lipinski definition) is 1. The van der Waals surface area contributed by atoms with Crippen LogP contribution in [0.25, 0.3) is 0 Å². The summed E-state index contributed by atoms with van der Waals surface area (Å²) in [5.41, 5.74) is 1.44. The van der Waals surface area contributed by atoms with E-state index in [1.807, 2.05) is 31.2 Å². The molecule has 0 amide bonds. The molecule has 2 rings (SSSR count). The molecule has 18 heavy (non-hydrogen) atoms. The zero-order valence-corrected chi connectivity index (χ0v) is 11.1. The highest BCUT2D eigenvalue weighted by Crippen LogP contribution is 2.34. The smallest absolute Gasteiger partial charge is 0.163 e. The van der Waals surface area contributed by atoms with Gasteiger partial charge in [0.2, 0.25) is 0 Å². The number of benzene rings is 1. The Morgan fingerprint density at radius 2 is 2.11 bits per heavy atom. The van der Waals surface area contributed by atoms with Gasteiger partial charge in [-0.15, -0.1) is 0 Å². The molecule has 0 aliphatic heterocycles. The number of rotatable bonds is 3. The van der Waals surface area contributed by atoms with Crippen LogP contribution >= 0.6 is 0 Å². The van der Waals surface area contributed by atoms with E-state index in [0.717, 1.165) is 11.1 Å².